The molecule has 0 aliphatic carbocycles. The molecular formula is C20H21N3O3. The van der Waals surface area contributed by atoms with Gasteiger partial charge in [0.25, 0.3) is 11.6 Å². The van der Waals surface area contributed by atoms with Crippen LogP contribution in [0.5, 0.6) is 0 Å². The summed E-state index contributed by atoms with van der Waals surface area (Å²) in [6.07, 6.45) is 0. The molecule has 3 amide bonds. The summed E-state index contributed by atoms with van der Waals surface area (Å²) < 4.78 is 6.18. The van der Waals surface area contributed by atoms with Crippen LogP contribution in [0, 0.1) is 0 Å². The molecule has 0 fully saturated rings. The second kappa shape index (κ2) is 6.14. The van der Waals surface area contributed by atoms with E-state index in [1.807, 2.05) is 62.4 Å². The fourth-order valence-corrected chi connectivity index (χ4v) is 3.82. The van der Waals surface area contributed by atoms with Crippen LogP contribution in [0.25, 0.3) is 0 Å². The minimum atomic E-state index is -1.47. The highest BCUT2D eigenvalue weighted by molar-refractivity contribution is 6.13. The molecule has 0 unspecified atom stereocenters. The Morgan fingerprint density at radius 2 is 1.81 bits per heavy atom. The molecule has 134 valence electrons. The lowest BCUT2D eigenvalue weighted by molar-refractivity contribution is -0.146. The first-order valence-electron chi connectivity index (χ1n) is 8.86. The van der Waals surface area contributed by atoms with E-state index in [0.717, 1.165) is 11.3 Å². The van der Waals surface area contributed by atoms with Gasteiger partial charge in [-0.25, -0.2) is 4.79 Å². The number of likely N-dealkylation sites (N-methyl/N-ethyl adjacent to an activating group) is 1. The molecule has 6 heteroatoms. The summed E-state index contributed by atoms with van der Waals surface area (Å²) in [6, 6.07) is 14.7. The summed E-state index contributed by atoms with van der Waals surface area (Å²) in [4.78, 5) is 29.7. The normalized spacial score (nSPS) is 20.9. The number of urea groups is 1. The van der Waals surface area contributed by atoms with Gasteiger partial charge in [-0.1, -0.05) is 36.4 Å². The van der Waals surface area contributed by atoms with E-state index in [9.17, 15) is 9.59 Å². The van der Waals surface area contributed by atoms with Gasteiger partial charge in [0.05, 0.1) is 18.0 Å². The van der Waals surface area contributed by atoms with E-state index < -0.39 is 5.72 Å². The first kappa shape index (κ1) is 16.6. The van der Waals surface area contributed by atoms with E-state index in [4.69, 9.17) is 4.74 Å². The van der Waals surface area contributed by atoms with Gasteiger partial charge in [0.1, 0.15) is 0 Å². The van der Waals surface area contributed by atoms with Crippen LogP contribution in [-0.4, -0.2) is 25.0 Å². The molecular weight excluding hydrogens is 330 g/mol. The van der Waals surface area contributed by atoms with Crippen LogP contribution in [0.15, 0.2) is 48.5 Å². The second-order valence-corrected chi connectivity index (χ2v) is 6.30. The molecule has 4 rings (SSSR count). The van der Waals surface area contributed by atoms with E-state index >= 15 is 0 Å². The number of nitrogens with one attached hydrogen (secondary N) is 1. The van der Waals surface area contributed by atoms with Gasteiger partial charge in [0, 0.05) is 24.2 Å². The van der Waals surface area contributed by atoms with Crippen molar-refractivity contribution in [3.63, 3.8) is 0 Å². The average molecular weight is 351 g/mol. The Balaban J connectivity index is 1.97. The average Bonchev–Trinajstić information content (AvgIpc) is 2.90. The van der Waals surface area contributed by atoms with Crippen LogP contribution in [0.3, 0.4) is 0 Å². The van der Waals surface area contributed by atoms with Crippen molar-refractivity contribution in [1.29, 1.82) is 0 Å². The largest absolute Gasteiger partial charge is 0.338 e. The number of para-hydroxylation sites is 2. The standard InChI is InChI=1S/C20H21N3O3/c1-3-21-19(25)23-16-11-7-5-9-14(16)13-26-20(23)15-10-6-8-12-17(15)22(4-2)18(20)24/h5-12H,3-4,13H2,1-2H3,(H,21,25)/t20-/m1/s1. The lowest BCUT2D eigenvalue weighted by atomic mass is 9.98. The Morgan fingerprint density at radius 1 is 1.12 bits per heavy atom. The topological polar surface area (TPSA) is 61.9 Å². The van der Waals surface area contributed by atoms with E-state index in [-0.39, 0.29) is 18.5 Å². The number of rotatable bonds is 2. The van der Waals surface area contributed by atoms with Crippen LogP contribution in [-0.2, 0) is 21.9 Å². The molecule has 2 heterocycles. The number of carbonyl (C=O) groups is 2. The van der Waals surface area contributed by atoms with E-state index in [0.29, 0.717) is 24.3 Å². The maximum Gasteiger partial charge on any atom is 0.324 e. The molecule has 26 heavy (non-hydrogen) atoms. The fraction of sp³-hybridized carbons (Fsp3) is 0.300. The van der Waals surface area contributed by atoms with Gasteiger partial charge in [-0.15, -0.1) is 0 Å². The van der Waals surface area contributed by atoms with Gasteiger partial charge < -0.3 is 15.0 Å². The first-order chi connectivity index (χ1) is 12.6. The Hall–Kier alpha value is -2.86. The molecule has 0 radical (unpaired) electrons. The van der Waals surface area contributed by atoms with Crippen LogP contribution >= 0.6 is 0 Å². The number of anilines is 2. The number of hydrogen-bond acceptors (Lipinski definition) is 3. The molecule has 2 aliphatic heterocycles. The number of ether oxygens (including phenoxy) is 1. The van der Waals surface area contributed by atoms with Gasteiger partial charge in [0.2, 0.25) is 0 Å². The Labute approximate surface area is 152 Å². The molecule has 2 aromatic rings. The molecule has 0 aromatic heterocycles. The summed E-state index contributed by atoms with van der Waals surface area (Å²) in [5, 5.41) is 2.83. The highest BCUT2D eigenvalue weighted by Gasteiger charge is 2.60. The minimum absolute atomic E-state index is 0.234. The smallest absolute Gasteiger partial charge is 0.324 e. The van der Waals surface area contributed by atoms with Gasteiger partial charge in [-0.3, -0.25) is 9.69 Å². The monoisotopic (exact) mass is 351 g/mol. The third-order valence-corrected chi connectivity index (χ3v) is 4.93. The molecule has 0 saturated heterocycles. The number of amides is 3. The summed E-state index contributed by atoms with van der Waals surface area (Å²) >= 11 is 0. The van der Waals surface area contributed by atoms with E-state index in [1.165, 1.54) is 4.90 Å². The predicted molar refractivity (Wildman–Crippen MR) is 98.9 cm³/mol. The number of fused-ring (bicyclic) bond motifs is 3. The minimum Gasteiger partial charge on any atom is -0.338 e. The molecule has 1 spiro atoms. The van der Waals surface area contributed by atoms with Crippen molar-refractivity contribution >= 4 is 23.3 Å². The molecule has 0 saturated carbocycles. The van der Waals surface area contributed by atoms with Crippen molar-refractivity contribution in [3.8, 4) is 0 Å². The summed E-state index contributed by atoms with van der Waals surface area (Å²) in [5.74, 6) is -0.234. The molecule has 2 aliphatic rings. The zero-order chi connectivity index (χ0) is 18.3. The fourth-order valence-electron chi connectivity index (χ4n) is 3.82. The highest BCUT2D eigenvalue weighted by Crippen LogP contribution is 2.50. The van der Waals surface area contributed by atoms with Gasteiger partial charge in [-0.2, -0.15) is 0 Å². The van der Waals surface area contributed by atoms with Gasteiger partial charge in [0.15, 0.2) is 0 Å². The molecule has 2 aromatic carbocycles. The second-order valence-electron chi connectivity index (χ2n) is 6.30. The zero-order valence-electron chi connectivity index (χ0n) is 14.9. The van der Waals surface area contributed by atoms with Crippen molar-refractivity contribution in [3.05, 3.63) is 59.7 Å². The van der Waals surface area contributed by atoms with Crippen LogP contribution in [0.2, 0.25) is 0 Å². The summed E-state index contributed by atoms with van der Waals surface area (Å²) in [5.41, 5.74) is 1.59. The highest BCUT2D eigenvalue weighted by atomic mass is 16.5. The Bertz CT molecular complexity index is 882. The van der Waals surface area contributed by atoms with Gasteiger partial charge >= 0.3 is 6.03 Å². The number of benzene rings is 2. The van der Waals surface area contributed by atoms with Crippen LogP contribution in [0.1, 0.15) is 25.0 Å². The van der Waals surface area contributed by atoms with Crippen molar-refractivity contribution in [2.75, 3.05) is 22.9 Å². The third kappa shape index (κ3) is 2.08. The number of carbonyl (C=O) groups excluding carboxylic acids is 2. The van der Waals surface area contributed by atoms with Crippen molar-refractivity contribution in [2.24, 2.45) is 0 Å². The SMILES string of the molecule is CCNC(=O)N1c2ccccc2CO[C@]12C(=O)N(CC)c1ccccc12. The zero-order valence-corrected chi connectivity index (χ0v) is 14.9. The Morgan fingerprint density at radius 3 is 2.54 bits per heavy atom. The maximum atomic E-state index is 13.5. The Kier molecular flexibility index (Phi) is 3.92. The van der Waals surface area contributed by atoms with E-state index in [2.05, 4.69) is 5.32 Å². The molecule has 0 bridgehead atoms. The van der Waals surface area contributed by atoms with Crippen LogP contribution < -0.4 is 15.1 Å². The van der Waals surface area contributed by atoms with Crippen molar-refractivity contribution in [1.82, 2.24) is 5.32 Å². The summed E-state index contributed by atoms with van der Waals surface area (Å²) in [7, 11) is 0. The molecule has 1 N–H and O–H groups in total. The summed E-state index contributed by atoms with van der Waals surface area (Å²) in [6.45, 7) is 5.00. The number of hydrogen-bond donors (Lipinski definition) is 1. The lowest BCUT2D eigenvalue weighted by Gasteiger charge is -2.43. The molecule has 1 atom stereocenters. The molecule has 6 nitrogen and oxygen atoms in total. The quantitative estimate of drug-likeness (QED) is 0.905. The van der Waals surface area contributed by atoms with Crippen LogP contribution in [0.4, 0.5) is 16.2 Å². The maximum absolute atomic E-state index is 13.5. The van der Waals surface area contributed by atoms with E-state index in [1.54, 1.807) is 4.90 Å². The third-order valence-electron chi connectivity index (χ3n) is 4.93. The van der Waals surface area contributed by atoms with Crippen molar-refractivity contribution in [2.45, 2.75) is 26.2 Å². The van der Waals surface area contributed by atoms with Crippen molar-refractivity contribution < 1.29 is 14.3 Å². The van der Waals surface area contributed by atoms with Gasteiger partial charge in [-0.05, 0) is 26.0 Å². The lowest BCUT2D eigenvalue weighted by Crippen LogP contribution is -2.61. The number of nitrogens with zero attached hydrogens (tertiary/aromatic N) is 2. The first-order valence-corrected chi connectivity index (χ1v) is 8.86. The predicted octanol–water partition coefficient (Wildman–Crippen LogP) is 2.97.